The van der Waals surface area contributed by atoms with Gasteiger partial charge in [-0.25, -0.2) is 4.98 Å². The first kappa shape index (κ1) is 11.2. The number of nitrogens with zero attached hydrogens (tertiary/aromatic N) is 1. The fourth-order valence-corrected chi connectivity index (χ4v) is 2.30. The van der Waals surface area contributed by atoms with Gasteiger partial charge in [-0.2, -0.15) is 0 Å². The summed E-state index contributed by atoms with van der Waals surface area (Å²) in [4.78, 5) is 17.9. The van der Waals surface area contributed by atoms with Crippen molar-refractivity contribution in [3.05, 3.63) is 22.7 Å². The number of aromatic amines is 1. The van der Waals surface area contributed by atoms with Crippen LogP contribution in [0.3, 0.4) is 0 Å². The Morgan fingerprint density at radius 3 is 3.19 bits per heavy atom. The molecule has 0 bridgehead atoms. The molecule has 88 valence electrons. The number of rotatable bonds is 3. The highest BCUT2D eigenvalue weighted by molar-refractivity contribution is 5.03. The Bertz CT molecular complexity index is 389. The minimum atomic E-state index is -0.235. The van der Waals surface area contributed by atoms with Crippen molar-refractivity contribution in [2.75, 3.05) is 0 Å². The SMILES string of the molecule is CCC1CCCC(Oc2ncc[nH]c2=O)C1. The zero-order chi connectivity index (χ0) is 11.4. The van der Waals surface area contributed by atoms with E-state index < -0.39 is 0 Å². The Morgan fingerprint density at radius 2 is 2.44 bits per heavy atom. The van der Waals surface area contributed by atoms with Crippen molar-refractivity contribution in [1.29, 1.82) is 0 Å². The van der Waals surface area contributed by atoms with Gasteiger partial charge in [-0.05, 0) is 25.2 Å². The lowest BCUT2D eigenvalue weighted by molar-refractivity contribution is 0.115. The van der Waals surface area contributed by atoms with Crippen molar-refractivity contribution in [3.63, 3.8) is 0 Å². The molecular weight excluding hydrogens is 204 g/mol. The fourth-order valence-electron chi connectivity index (χ4n) is 2.30. The molecule has 0 aliphatic heterocycles. The van der Waals surface area contributed by atoms with Gasteiger partial charge in [0, 0.05) is 12.4 Å². The van der Waals surface area contributed by atoms with Gasteiger partial charge < -0.3 is 9.72 Å². The molecule has 1 fully saturated rings. The number of hydrogen-bond acceptors (Lipinski definition) is 3. The molecular formula is C12H18N2O2. The molecule has 0 radical (unpaired) electrons. The highest BCUT2D eigenvalue weighted by Crippen LogP contribution is 2.28. The maximum absolute atomic E-state index is 11.4. The van der Waals surface area contributed by atoms with E-state index in [-0.39, 0.29) is 17.5 Å². The third-order valence-electron chi connectivity index (χ3n) is 3.27. The van der Waals surface area contributed by atoms with Crippen LogP contribution in [0, 0.1) is 5.92 Å². The van der Waals surface area contributed by atoms with Crippen LogP contribution in [0.15, 0.2) is 17.2 Å². The van der Waals surface area contributed by atoms with E-state index in [1.807, 2.05) is 0 Å². The zero-order valence-corrected chi connectivity index (χ0v) is 9.61. The Hall–Kier alpha value is -1.32. The molecule has 1 saturated carbocycles. The Kier molecular flexibility index (Phi) is 3.59. The van der Waals surface area contributed by atoms with Crippen LogP contribution in [-0.2, 0) is 0 Å². The number of ether oxygens (including phenoxy) is 1. The lowest BCUT2D eigenvalue weighted by atomic mass is 9.85. The van der Waals surface area contributed by atoms with Crippen molar-refractivity contribution in [3.8, 4) is 5.88 Å². The normalized spacial score (nSPS) is 25.3. The maximum atomic E-state index is 11.4. The van der Waals surface area contributed by atoms with E-state index in [2.05, 4.69) is 16.9 Å². The molecule has 0 spiro atoms. The molecule has 1 aromatic heterocycles. The summed E-state index contributed by atoms with van der Waals surface area (Å²) in [7, 11) is 0. The molecule has 0 amide bonds. The van der Waals surface area contributed by atoms with Gasteiger partial charge in [-0.3, -0.25) is 4.79 Å². The summed E-state index contributed by atoms with van der Waals surface area (Å²) in [5.74, 6) is 0.950. The minimum absolute atomic E-state index is 0.162. The highest BCUT2D eigenvalue weighted by atomic mass is 16.5. The Balaban J connectivity index is 1.99. The number of aromatic nitrogens is 2. The second kappa shape index (κ2) is 5.14. The van der Waals surface area contributed by atoms with Gasteiger partial charge in [0.25, 0.3) is 5.88 Å². The van der Waals surface area contributed by atoms with Crippen molar-refractivity contribution < 1.29 is 4.74 Å². The van der Waals surface area contributed by atoms with Crippen LogP contribution in [0.2, 0.25) is 0 Å². The Labute approximate surface area is 95.1 Å². The molecule has 2 unspecified atom stereocenters. The van der Waals surface area contributed by atoms with Crippen LogP contribution in [0.25, 0.3) is 0 Å². The molecule has 1 heterocycles. The predicted octanol–water partition coefficient (Wildman–Crippen LogP) is 2.12. The minimum Gasteiger partial charge on any atom is -0.470 e. The summed E-state index contributed by atoms with van der Waals surface area (Å²) < 4.78 is 5.66. The van der Waals surface area contributed by atoms with Gasteiger partial charge in [0.2, 0.25) is 0 Å². The van der Waals surface area contributed by atoms with E-state index in [0.29, 0.717) is 0 Å². The van der Waals surface area contributed by atoms with E-state index in [4.69, 9.17) is 4.74 Å². The smallest absolute Gasteiger partial charge is 0.310 e. The molecule has 2 atom stereocenters. The summed E-state index contributed by atoms with van der Waals surface area (Å²) in [6.07, 6.45) is 8.98. The first-order valence-corrected chi connectivity index (χ1v) is 6.00. The maximum Gasteiger partial charge on any atom is 0.310 e. The van der Waals surface area contributed by atoms with Crippen molar-refractivity contribution in [2.24, 2.45) is 5.92 Å². The number of hydrogen-bond donors (Lipinski definition) is 1. The molecule has 1 N–H and O–H groups in total. The number of H-pyrrole nitrogens is 1. The van der Waals surface area contributed by atoms with Crippen LogP contribution in [0.1, 0.15) is 39.0 Å². The molecule has 0 saturated heterocycles. The summed E-state index contributed by atoms with van der Waals surface area (Å²) in [5, 5.41) is 0. The van der Waals surface area contributed by atoms with E-state index in [9.17, 15) is 4.79 Å². The average Bonchev–Trinajstić information content (AvgIpc) is 2.32. The second-order valence-corrected chi connectivity index (χ2v) is 4.40. The summed E-state index contributed by atoms with van der Waals surface area (Å²) in [6.45, 7) is 2.21. The summed E-state index contributed by atoms with van der Waals surface area (Å²) in [5.41, 5.74) is -0.235. The van der Waals surface area contributed by atoms with Gasteiger partial charge in [-0.15, -0.1) is 0 Å². The van der Waals surface area contributed by atoms with E-state index in [0.717, 1.165) is 18.8 Å². The van der Waals surface area contributed by atoms with Crippen LogP contribution in [0.4, 0.5) is 0 Å². The fraction of sp³-hybridized carbons (Fsp3) is 0.667. The van der Waals surface area contributed by atoms with Crippen molar-refractivity contribution in [2.45, 2.75) is 45.1 Å². The number of nitrogens with one attached hydrogen (secondary N) is 1. The van der Waals surface area contributed by atoms with Gasteiger partial charge in [0.1, 0.15) is 6.10 Å². The summed E-state index contributed by atoms with van der Waals surface area (Å²) >= 11 is 0. The molecule has 1 aliphatic rings. The van der Waals surface area contributed by atoms with Crippen LogP contribution in [-0.4, -0.2) is 16.1 Å². The standard InChI is InChI=1S/C12H18N2O2/c1-2-9-4-3-5-10(8-9)16-12-11(15)13-6-7-14-12/h6-7,9-10H,2-5,8H2,1H3,(H,13,15). The molecule has 16 heavy (non-hydrogen) atoms. The highest BCUT2D eigenvalue weighted by Gasteiger charge is 2.23. The molecule has 1 aromatic rings. The van der Waals surface area contributed by atoms with Crippen molar-refractivity contribution >= 4 is 0 Å². The lowest BCUT2D eigenvalue weighted by Gasteiger charge is -2.28. The molecule has 4 heteroatoms. The van der Waals surface area contributed by atoms with Gasteiger partial charge in [0.05, 0.1) is 0 Å². The lowest BCUT2D eigenvalue weighted by Crippen LogP contribution is -2.28. The Morgan fingerprint density at radius 1 is 1.56 bits per heavy atom. The summed E-state index contributed by atoms with van der Waals surface area (Å²) in [6, 6.07) is 0. The van der Waals surface area contributed by atoms with E-state index in [1.165, 1.54) is 25.5 Å². The third-order valence-corrected chi connectivity index (χ3v) is 3.27. The molecule has 4 nitrogen and oxygen atoms in total. The van der Waals surface area contributed by atoms with Crippen LogP contribution in [0.5, 0.6) is 5.88 Å². The molecule has 0 aromatic carbocycles. The van der Waals surface area contributed by atoms with Gasteiger partial charge >= 0.3 is 5.56 Å². The quantitative estimate of drug-likeness (QED) is 0.852. The second-order valence-electron chi connectivity index (χ2n) is 4.40. The third kappa shape index (κ3) is 2.62. The van der Waals surface area contributed by atoms with Crippen LogP contribution >= 0.6 is 0 Å². The van der Waals surface area contributed by atoms with Gasteiger partial charge in [-0.1, -0.05) is 19.8 Å². The predicted molar refractivity (Wildman–Crippen MR) is 61.5 cm³/mol. The van der Waals surface area contributed by atoms with E-state index >= 15 is 0 Å². The molecule has 2 rings (SSSR count). The molecule has 1 aliphatic carbocycles. The van der Waals surface area contributed by atoms with E-state index in [1.54, 1.807) is 6.20 Å². The monoisotopic (exact) mass is 222 g/mol. The van der Waals surface area contributed by atoms with Crippen LogP contribution < -0.4 is 10.3 Å². The van der Waals surface area contributed by atoms with Crippen molar-refractivity contribution in [1.82, 2.24) is 9.97 Å². The first-order valence-electron chi connectivity index (χ1n) is 6.00. The largest absolute Gasteiger partial charge is 0.470 e. The zero-order valence-electron chi connectivity index (χ0n) is 9.61. The first-order chi connectivity index (χ1) is 7.79. The average molecular weight is 222 g/mol. The van der Waals surface area contributed by atoms with Gasteiger partial charge in [0.15, 0.2) is 0 Å². The topological polar surface area (TPSA) is 55.0 Å².